The monoisotopic (exact) mass is 450 g/mol. The Balaban J connectivity index is 1.38. The van der Waals surface area contributed by atoms with E-state index in [0.29, 0.717) is 22.9 Å². The molecule has 33 heavy (non-hydrogen) atoms. The molecule has 0 spiro atoms. The molecule has 0 saturated heterocycles. The molecule has 0 aromatic heterocycles. The van der Waals surface area contributed by atoms with Gasteiger partial charge >= 0.3 is 12.2 Å². The van der Waals surface area contributed by atoms with Gasteiger partial charge in [0.15, 0.2) is 0 Å². The SMILES string of the molecule is Cc1ccc(NC(=O)OCCOc2ccccc2)cc1NC(=O)OCCOc1ccccc1. The van der Waals surface area contributed by atoms with Gasteiger partial charge in [0.2, 0.25) is 0 Å². The van der Waals surface area contributed by atoms with Crippen LogP contribution in [0.1, 0.15) is 5.56 Å². The highest BCUT2D eigenvalue weighted by molar-refractivity contribution is 5.89. The first-order chi connectivity index (χ1) is 16.1. The van der Waals surface area contributed by atoms with E-state index in [4.69, 9.17) is 18.9 Å². The molecule has 3 rings (SSSR count). The first-order valence-electron chi connectivity index (χ1n) is 10.4. The zero-order valence-electron chi connectivity index (χ0n) is 18.3. The Morgan fingerprint density at radius 3 is 1.73 bits per heavy atom. The van der Waals surface area contributed by atoms with Crippen LogP contribution in [0.4, 0.5) is 21.0 Å². The predicted molar refractivity (Wildman–Crippen MR) is 125 cm³/mol. The number of hydrogen-bond donors (Lipinski definition) is 2. The highest BCUT2D eigenvalue weighted by atomic mass is 16.6. The lowest BCUT2D eigenvalue weighted by molar-refractivity contribution is 0.137. The van der Waals surface area contributed by atoms with Gasteiger partial charge in [0, 0.05) is 11.4 Å². The summed E-state index contributed by atoms with van der Waals surface area (Å²) in [5.41, 5.74) is 1.79. The highest BCUT2D eigenvalue weighted by Gasteiger charge is 2.09. The quantitative estimate of drug-likeness (QED) is 0.410. The molecule has 2 N–H and O–H groups in total. The first-order valence-corrected chi connectivity index (χ1v) is 10.4. The number of anilines is 2. The van der Waals surface area contributed by atoms with Crippen molar-refractivity contribution in [3.8, 4) is 11.5 Å². The number of carbonyl (C=O) groups excluding carboxylic acids is 2. The average molecular weight is 450 g/mol. The predicted octanol–water partition coefficient (Wildman–Crippen LogP) is 5.25. The Kier molecular flexibility index (Phi) is 8.96. The fourth-order valence-electron chi connectivity index (χ4n) is 2.76. The van der Waals surface area contributed by atoms with Crippen molar-refractivity contribution in [1.82, 2.24) is 0 Å². The van der Waals surface area contributed by atoms with Crippen molar-refractivity contribution in [1.29, 1.82) is 0 Å². The largest absolute Gasteiger partial charge is 0.490 e. The molecule has 0 atom stereocenters. The molecule has 0 aliphatic carbocycles. The van der Waals surface area contributed by atoms with Crippen LogP contribution < -0.4 is 20.1 Å². The highest BCUT2D eigenvalue weighted by Crippen LogP contribution is 2.21. The second-order valence-corrected chi connectivity index (χ2v) is 6.87. The van der Waals surface area contributed by atoms with Gasteiger partial charge in [0.05, 0.1) is 0 Å². The summed E-state index contributed by atoms with van der Waals surface area (Å²) in [6, 6.07) is 23.6. The summed E-state index contributed by atoms with van der Waals surface area (Å²) in [6.07, 6.45) is -1.24. The number of amides is 2. The van der Waals surface area contributed by atoms with E-state index < -0.39 is 12.2 Å². The van der Waals surface area contributed by atoms with E-state index in [2.05, 4.69) is 10.6 Å². The summed E-state index contributed by atoms with van der Waals surface area (Å²) in [7, 11) is 0. The van der Waals surface area contributed by atoms with E-state index in [1.807, 2.05) is 67.6 Å². The average Bonchev–Trinajstić information content (AvgIpc) is 2.83. The van der Waals surface area contributed by atoms with Gasteiger partial charge in [0.1, 0.15) is 37.9 Å². The maximum atomic E-state index is 12.1. The van der Waals surface area contributed by atoms with E-state index in [1.54, 1.807) is 18.2 Å². The molecule has 2 amide bonds. The van der Waals surface area contributed by atoms with Crippen LogP contribution in [0.15, 0.2) is 78.9 Å². The molecule has 0 fully saturated rings. The zero-order chi connectivity index (χ0) is 23.3. The first kappa shape index (κ1) is 23.5. The number of rotatable bonds is 10. The van der Waals surface area contributed by atoms with Crippen molar-refractivity contribution >= 4 is 23.6 Å². The molecule has 0 radical (unpaired) electrons. The van der Waals surface area contributed by atoms with Crippen LogP contribution in [0.5, 0.6) is 11.5 Å². The van der Waals surface area contributed by atoms with Crippen molar-refractivity contribution in [2.24, 2.45) is 0 Å². The van der Waals surface area contributed by atoms with E-state index in [-0.39, 0.29) is 26.4 Å². The third-order valence-electron chi connectivity index (χ3n) is 4.38. The number of ether oxygens (including phenoxy) is 4. The zero-order valence-corrected chi connectivity index (χ0v) is 18.3. The van der Waals surface area contributed by atoms with Gasteiger partial charge in [-0.1, -0.05) is 42.5 Å². The molecule has 0 heterocycles. The molecular formula is C25H26N2O6. The van der Waals surface area contributed by atoms with Crippen LogP contribution in [0.2, 0.25) is 0 Å². The van der Waals surface area contributed by atoms with Crippen molar-refractivity contribution in [3.63, 3.8) is 0 Å². The Labute approximate surface area is 192 Å². The molecule has 0 aliphatic heterocycles. The Morgan fingerprint density at radius 2 is 1.18 bits per heavy atom. The fraction of sp³-hybridized carbons (Fsp3) is 0.200. The lowest BCUT2D eigenvalue weighted by Crippen LogP contribution is -2.19. The van der Waals surface area contributed by atoms with Crippen molar-refractivity contribution in [3.05, 3.63) is 84.4 Å². The number of carbonyl (C=O) groups is 2. The third kappa shape index (κ3) is 8.45. The van der Waals surface area contributed by atoms with Gasteiger partial charge in [0.25, 0.3) is 0 Å². The lowest BCUT2D eigenvalue weighted by Gasteiger charge is -2.12. The summed E-state index contributed by atoms with van der Waals surface area (Å²) in [5.74, 6) is 1.41. The number of nitrogens with one attached hydrogen (secondary N) is 2. The van der Waals surface area contributed by atoms with Crippen LogP contribution in [-0.2, 0) is 9.47 Å². The topological polar surface area (TPSA) is 95.1 Å². The molecule has 3 aromatic rings. The molecule has 0 unspecified atom stereocenters. The normalized spacial score (nSPS) is 10.1. The lowest BCUT2D eigenvalue weighted by atomic mass is 10.2. The minimum atomic E-state index is -0.623. The van der Waals surface area contributed by atoms with Crippen LogP contribution in [0.3, 0.4) is 0 Å². The maximum Gasteiger partial charge on any atom is 0.411 e. The summed E-state index contributed by atoms with van der Waals surface area (Å²) < 4.78 is 21.2. The van der Waals surface area contributed by atoms with Crippen LogP contribution >= 0.6 is 0 Å². The summed E-state index contributed by atoms with van der Waals surface area (Å²) in [4.78, 5) is 24.1. The van der Waals surface area contributed by atoms with Gasteiger partial charge in [-0.2, -0.15) is 0 Å². The van der Waals surface area contributed by atoms with Crippen molar-refractivity contribution in [2.75, 3.05) is 37.1 Å². The molecule has 8 heteroatoms. The summed E-state index contributed by atoms with van der Waals surface area (Å²) >= 11 is 0. The number of para-hydroxylation sites is 2. The van der Waals surface area contributed by atoms with Gasteiger partial charge in [-0.05, 0) is 48.9 Å². The number of hydrogen-bond acceptors (Lipinski definition) is 6. The standard InChI is InChI=1S/C25H26N2O6/c1-19-12-13-20(26-24(28)32-16-14-30-21-8-4-2-5-9-21)18-23(19)27-25(29)33-17-15-31-22-10-6-3-7-11-22/h2-13,18H,14-17H2,1H3,(H,26,28)(H,27,29). The Bertz CT molecular complexity index is 1030. The van der Waals surface area contributed by atoms with Crippen molar-refractivity contribution in [2.45, 2.75) is 6.92 Å². The molecular weight excluding hydrogens is 424 g/mol. The molecule has 0 bridgehead atoms. The number of aryl methyl sites for hydroxylation is 1. The van der Waals surface area contributed by atoms with E-state index in [0.717, 1.165) is 5.56 Å². The van der Waals surface area contributed by atoms with Gasteiger partial charge in [-0.3, -0.25) is 10.6 Å². The third-order valence-corrected chi connectivity index (χ3v) is 4.38. The molecule has 172 valence electrons. The van der Waals surface area contributed by atoms with Crippen molar-refractivity contribution < 1.29 is 28.5 Å². The minimum absolute atomic E-state index is 0.0923. The molecule has 3 aromatic carbocycles. The molecule has 8 nitrogen and oxygen atoms in total. The fourth-order valence-corrected chi connectivity index (χ4v) is 2.76. The second kappa shape index (κ2) is 12.6. The summed E-state index contributed by atoms with van der Waals surface area (Å²) in [6.45, 7) is 2.48. The minimum Gasteiger partial charge on any atom is -0.490 e. The van der Waals surface area contributed by atoms with Crippen LogP contribution in [-0.4, -0.2) is 38.6 Å². The van der Waals surface area contributed by atoms with Crippen LogP contribution in [0.25, 0.3) is 0 Å². The van der Waals surface area contributed by atoms with Gasteiger partial charge in [-0.25, -0.2) is 9.59 Å². The van der Waals surface area contributed by atoms with E-state index in [9.17, 15) is 9.59 Å². The van der Waals surface area contributed by atoms with Gasteiger partial charge in [-0.15, -0.1) is 0 Å². The Morgan fingerprint density at radius 1 is 0.667 bits per heavy atom. The van der Waals surface area contributed by atoms with Crippen LogP contribution in [0, 0.1) is 6.92 Å². The van der Waals surface area contributed by atoms with E-state index >= 15 is 0 Å². The second-order valence-electron chi connectivity index (χ2n) is 6.87. The maximum absolute atomic E-state index is 12.1. The Hall–Kier alpha value is -4.20. The van der Waals surface area contributed by atoms with Gasteiger partial charge < -0.3 is 18.9 Å². The summed E-state index contributed by atoms with van der Waals surface area (Å²) in [5, 5.41) is 5.29. The van der Waals surface area contributed by atoms with E-state index in [1.165, 1.54) is 0 Å². The molecule has 0 saturated carbocycles. The number of benzene rings is 3. The molecule has 0 aliphatic rings. The smallest absolute Gasteiger partial charge is 0.411 e.